The van der Waals surface area contributed by atoms with Crippen LogP contribution in [0.15, 0.2) is 0 Å². The van der Waals surface area contributed by atoms with Crippen molar-refractivity contribution in [1.29, 1.82) is 0 Å². The van der Waals surface area contributed by atoms with Gasteiger partial charge in [0.25, 0.3) is 0 Å². The summed E-state index contributed by atoms with van der Waals surface area (Å²) in [6, 6.07) is 0. The largest absolute Gasteiger partial charge is 0.396 e. The highest BCUT2D eigenvalue weighted by Gasteiger charge is 2.25. The van der Waals surface area contributed by atoms with E-state index in [1.807, 2.05) is 0 Å². The lowest BCUT2D eigenvalue weighted by Crippen LogP contribution is -2.42. The van der Waals surface area contributed by atoms with Crippen molar-refractivity contribution in [3.8, 4) is 0 Å². The van der Waals surface area contributed by atoms with Crippen molar-refractivity contribution in [3.63, 3.8) is 0 Å². The fourth-order valence-corrected chi connectivity index (χ4v) is 2.37. The molecule has 1 heterocycles. The smallest absolute Gasteiger partial charge is 0.0494 e. The summed E-state index contributed by atoms with van der Waals surface area (Å²) < 4.78 is 0. The zero-order valence-electron chi connectivity index (χ0n) is 10.1. The van der Waals surface area contributed by atoms with Gasteiger partial charge in [-0.1, -0.05) is 13.8 Å². The molecule has 3 heteroatoms. The minimum atomic E-state index is 0.00110. The predicted molar refractivity (Wildman–Crippen MR) is 61.7 cm³/mol. The number of hydrogen-bond acceptors (Lipinski definition) is 3. The molecule has 1 atom stereocenters. The zero-order chi connectivity index (χ0) is 11.3. The van der Waals surface area contributed by atoms with E-state index in [4.69, 9.17) is 5.11 Å². The zero-order valence-corrected chi connectivity index (χ0v) is 10.1. The number of rotatable bonds is 5. The van der Waals surface area contributed by atoms with Crippen LogP contribution in [0, 0.1) is 11.3 Å². The van der Waals surface area contributed by atoms with E-state index in [-0.39, 0.29) is 12.0 Å². The molecule has 1 saturated heterocycles. The second kappa shape index (κ2) is 5.83. The first-order chi connectivity index (χ1) is 7.07. The van der Waals surface area contributed by atoms with Crippen molar-refractivity contribution in [1.82, 2.24) is 4.90 Å². The molecular formula is C12H25NO2. The first kappa shape index (κ1) is 12.9. The van der Waals surface area contributed by atoms with Crippen LogP contribution in [0.4, 0.5) is 0 Å². The molecule has 2 N–H and O–H groups in total. The molecule has 0 aromatic heterocycles. The molecule has 15 heavy (non-hydrogen) atoms. The third-order valence-electron chi connectivity index (χ3n) is 3.22. The van der Waals surface area contributed by atoms with E-state index >= 15 is 0 Å². The third-order valence-corrected chi connectivity index (χ3v) is 3.22. The highest BCUT2D eigenvalue weighted by Crippen LogP contribution is 2.23. The van der Waals surface area contributed by atoms with Gasteiger partial charge in [-0.2, -0.15) is 0 Å². The molecule has 1 aliphatic heterocycles. The number of nitrogens with zero attached hydrogens (tertiary/aromatic N) is 1. The Balaban J connectivity index is 2.36. The fourth-order valence-electron chi connectivity index (χ4n) is 2.37. The Hall–Kier alpha value is -0.120. The van der Waals surface area contributed by atoms with E-state index in [0.29, 0.717) is 12.5 Å². The topological polar surface area (TPSA) is 43.7 Å². The van der Waals surface area contributed by atoms with E-state index in [1.165, 1.54) is 12.8 Å². The van der Waals surface area contributed by atoms with Crippen molar-refractivity contribution in [3.05, 3.63) is 0 Å². The maximum Gasteiger partial charge on any atom is 0.0494 e. The monoisotopic (exact) mass is 215 g/mol. The molecule has 0 aliphatic carbocycles. The lowest BCUT2D eigenvalue weighted by molar-refractivity contribution is 0.0711. The summed E-state index contributed by atoms with van der Waals surface area (Å²) >= 11 is 0. The van der Waals surface area contributed by atoms with Crippen LogP contribution in [-0.4, -0.2) is 48.0 Å². The van der Waals surface area contributed by atoms with Crippen LogP contribution in [0.25, 0.3) is 0 Å². The summed E-state index contributed by atoms with van der Waals surface area (Å²) in [6.45, 7) is 7.95. The standard InChI is InChI=1S/C12H25NO2/c1-12(2,10-15)9-13-6-3-4-11(8-13)5-7-14/h11,14-15H,3-10H2,1-2H3. The molecule has 0 bridgehead atoms. The second-order valence-electron chi connectivity index (χ2n) is 5.58. The van der Waals surface area contributed by atoms with Crippen LogP contribution < -0.4 is 0 Å². The number of hydrogen-bond donors (Lipinski definition) is 2. The van der Waals surface area contributed by atoms with Crippen molar-refractivity contribution in [2.24, 2.45) is 11.3 Å². The van der Waals surface area contributed by atoms with E-state index in [0.717, 1.165) is 26.1 Å². The minimum Gasteiger partial charge on any atom is -0.396 e. The summed E-state index contributed by atoms with van der Waals surface area (Å²) in [7, 11) is 0. The molecule has 0 radical (unpaired) electrons. The first-order valence-corrected chi connectivity index (χ1v) is 6.01. The molecule has 0 spiro atoms. The van der Waals surface area contributed by atoms with Crippen LogP contribution in [0.5, 0.6) is 0 Å². The van der Waals surface area contributed by atoms with Crippen molar-refractivity contribution in [2.45, 2.75) is 33.1 Å². The van der Waals surface area contributed by atoms with Crippen molar-refractivity contribution in [2.75, 3.05) is 32.8 Å². The number of piperidine rings is 1. The maximum atomic E-state index is 9.23. The predicted octanol–water partition coefficient (Wildman–Crippen LogP) is 1.10. The van der Waals surface area contributed by atoms with Gasteiger partial charge in [0.15, 0.2) is 0 Å². The van der Waals surface area contributed by atoms with Crippen molar-refractivity contribution >= 4 is 0 Å². The summed E-state index contributed by atoms with van der Waals surface area (Å²) in [5, 5.41) is 18.2. The first-order valence-electron chi connectivity index (χ1n) is 6.01. The maximum absolute atomic E-state index is 9.23. The molecule has 1 fully saturated rings. The Morgan fingerprint density at radius 2 is 2.07 bits per heavy atom. The van der Waals surface area contributed by atoms with Gasteiger partial charge in [0.2, 0.25) is 0 Å². The van der Waals surface area contributed by atoms with Crippen LogP contribution in [0.2, 0.25) is 0 Å². The third kappa shape index (κ3) is 4.49. The van der Waals surface area contributed by atoms with Crippen LogP contribution >= 0.6 is 0 Å². The quantitative estimate of drug-likeness (QED) is 0.722. The van der Waals surface area contributed by atoms with Gasteiger partial charge in [-0.05, 0) is 31.7 Å². The van der Waals surface area contributed by atoms with E-state index < -0.39 is 0 Å². The average molecular weight is 215 g/mol. The Morgan fingerprint density at radius 3 is 2.67 bits per heavy atom. The Morgan fingerprint density at radius 1 is 1.33 bits per heavy atom. The molecule has 1 rings (SSSR count). The Labute approximate surface area is 93.1 Å². The average Bonchev–Trinajstić information content (AvgIpc) is 2.18. The van der Waals surface area contributed by atoms with E-state index in [1.54, 1.807) is 0 Å². The van der Waals surface area contributed by atoms with E-state index in [2.05, 4.69) is 18.7 Å². The van der Waals surface area contributed by atoms with Gasteiger partial charge in [-0.15, -0.1) is 0 Å². The number of aliphatic hydroxyl groups excluding tert-OH is 2. The lowest BCUT2D eigenvalue weighted by atomic mass is 9.90. The van der Waals surface area contributed by atoms with Gasteiger partial charge in [0.05, 0.1) is 0 Å². The fraction of sp³-hybridized carbons (Fsp3) is 1.00. The summed E-state index contributed by atoms with van der Waals surface area (Å²) in [5.41, 5.74) is 0.00110. The highest BCUT2D eigenvalue weighted by atomic mass is 16.3. The molecule has 0 saturated carbocycles. The van der Waals surface area contributed by atoms with Crippen LogP contribution in [0.1, 0.15) is 33.1 Å². The van der Waals surface area contributed by atoms with Gasteiger partial charge >= 0.3 is 0 Å². The molecule has 0 aromatic rings. The molecule has 1 aliphatic rings. The molecule has 1 unspecified atom stereocenters. The van der Waals surface area contributed by atoms with Gasteiger partial charge in [-0.25, -0.2) is 0 Å². The molecule has 90 valence electrons. The molecule has 0 aromatic carbocycles. The second-order valence-corrected chi connectivity index (χ2v) is 5.58. The normalized spacial score (nSPS) is 24.4. The SMILES string of the molecule is CC(C)(CO)CN1CCCC(CCO)C1. The van der Waals surface area contributed by atoms with Gasteiger partial charge in [-0.3, -0.25) is 0 Å². The van der Waals surface area contributed by atoms with Gasteiger partial charge in [0, 0.05) is 31.7 Å². The number of likely N-dealkylation sites (tertiary alicyclic amines) is 1. The van der Waals surface area contributed by atoms with Gasteiger partial charge in [0.1, 0.15) is 0 Å². The van der Waals surface area contributed by atoms with Crippen molar-refractivity contribution < 1.29 is 10.2 Å². The summed E-state index contributed by atoms with van der Waals surface area (Å²) in [4.78, 5) is 2.43. The minimum absolute atomic E-state index is 0.00110. The number of aliphatic hydroxyl groups is 2. The molecule has 0 amide bonds. The van der Waals surface area contributed by atoms with Crippen LogP contribution in [-0.2, 0) is 0 Å². The van der Waals surface area contributed by atoms with Gasteiger partial charge < -0.3 is 15.1 Å². The summed E-state index contributed by atoms with van der Waals surface area (Å²) in [5.74, 6) is 0.651. The highest BCUT2D eigenvalue weighted by molar-refractivity contribution is 4.78. The Bertz CT molecular complexity index is 180. The lowest BCUT2D eigenvalue weighted by Gasteiger charge is -2.37. The molecule has 3 nitrogen and oxygen atoms in total. The van der Waals surface area contributed by atoms with Crippen LogP contribution in [0.3, 0.4) is 0 Å². The van der Waals surface area contributed by atoms with E-state index in [9.17, 15) is 5.11 Å². The Kier molecular flexibility index (Phi) is 5.03. The molecular weight excluding hydrogens is 190 g/mol. The summed E-state index contributed by atoms with van der Waals surface area (Å²) in [6.07, 6.45) is 3.40.